The van der Waals surface area contributed by atoms with Crippen molar-refractivity contribution in [3.63, 3.8) is 0 Å². The quantitative estimate of drug-likeness (QED) is 0.843. The molecule has 0 aromatic heterocycles. The number of carbonyl (C=O) groups excluding carboxylic acids is 1. The van der Waals surface area contributed by atoms with Crippen LogP contribution in [0.4, 0.5) is 4.39 Å². The zero-order valence-corrected chi connectivity index (χ0v) is 11.4. The maximum atomic E-state index is 13.5. The van der Waals surface area contributed by atoms with Crippen molar-refractivity contribution in [2.45, 2.75) is 25.3 Å². The first-order chi connectivity index (χ1) is 8.63. The molecule has 1 fully saturated rings. The summed E-state index contributed by atoms with van der Waals surface area (Å²) in [6.45, 7) is 0. The van der Waals surface area contributed by atoms with E-state index in [9.17, 15) is 14.3 Å². The van der Waals surface area contributed by atoms with Crippen LogP contribution in [0, 0.1) is 11.7 Å². The van der Waals surface area contributed by atoms with E-state index in [-0.39, 0.29) is 17.4 Å². The van der Waals surface area contributed by atoms with Crippen molar-refractivity contribution >= 4 is 21.8 Å². The fourth-order valence-corrected chi connectivity index (χ4v) is 3.16. The number of hydrogen-bond acceptors (Lipinski definition) is 2. The molecule has 3 nitrogen and oxygen atoms in total. The Labute approximate surface area is 114 Å². The van der Waals surface area contributed by atoms with Crippen LogP contribution in [0.5, 0.6) is 5.75 Å². The van der Waals surface area contributed by atoms with Crippen molar-refractivity contribution in [2.75, 3.05) is 5.33 Å². The number of rotatable bonds is 3. The molecule has 2 rings (SSSR count). The molecule has 1 aliphatic rings. The smallest absolute Gasteiger partial charge is 0.258 e. The molecule has 0 aliphatic heterocycles. The van der Waals surface area contributed by atoms with Gasteiger partial charge in [-0.3, -0.25) is 4.79 Å². The van der Waals surface area contributed by atoms with E-state index in [1.54, 1.807) is 0 Å². The normalized spacial score (nSPS) is 23.0. The van der Waals surface area contributed by atoms with Crippen LogP contribution >= 0.6 is 15.9 Å². The SMILES string of the molecule is O=C(NC1CCCC1CBr)c1c(O)cccc1F. The van der Waals surface area contributed by atoms with Gasteiger partial charge in [0.1, 0.15) is 17.1 Å². The molecule has 2 atom stereocenters. The maximum absolute atomic E-state index is 13.5. The highest BCUT2D eigenvalue weighted by molar-refractivity contribution is 9.09. The molecule has 0 bridgehead atoms. The van der Waals surface area contributed by atoms with Gasteiger partial charge in [0.15, 0.2) is 0 Å². The molecule has 1 amide bonds. The molecule has 98 valence electrons. The first kappa shape index (κ1) is 13.3. The molecule has 0 saturated heterocycles. The molecule has 1 saturated carbocycles. The predicted molar refractivity (Wildman–Crippen MR) is 70.5 cm³/mol. The van der Waals surface area contributed by atoms with Crippen LogP contribution in [0.1, 0.15) is 29.6 Å². The van der Waals surface area contributed by atoms with Crippen molar-refractivity contribution in [3.8, 4) is 5.75 Å². The summed E-state index contributed by atoms with van der Waals surface area (Å²) in [6, 6.07) is 3.91. The lowest BCUT2D eigenvalue weighted by atomic mass is 10.1. The van der Waals surface area contributed by atoms with E-state index in [1.165, 1.54) is 18.2 Å². The van der Waals surface area contributed by atoms with Crippen molar-refractivity contribution in [3.05, 3.63) is 29.6 Å². The van der Waals surface area contributed by atoms with E-state index in [4.69, 9.17) is 0 Å². The highest BCUT2D eigenvalue weighted by atomic mass is 79.9. The van der Waals surface area contributed by atoms with E-state index < -0.39 is 11.7 Å². The number of aromatic hydroxyl groups is 1. The average molecular weight is 316 g/mol. The van der Waals surface area contributed by atoms with Crippen LogP contribution in [-0.2, 0) is 0 Å². The van der Waals surface area contributed by atoms with Gasteiger partial charge >= 0.3 is 0 Å². The van der Waals surface area contributed by atoms with Crippen LogP contribution < -0.4 is 5.32 Å². The van der Waals surface area contributed by atoms with Crippen molar-refractivity contribution in [2.24, 2.45) is 5.92 Å². The standard InChI is InChI=1S/C13H15BrFNO2/c14-7-8-3-1-5-10(8)16-13(18)12-9(15)4-2-6-11(12)17/h2,4,6,8,10,17H,1,3,5,7H2,(H,16,18). The lowest BCUT2D eigenvalue weighted by molar-refractivity contribution is 0.0923. The topological polar surface area (TPSA) is 49.3 Å². The number of hydrogen-bond donors (Lipinski definition) is 2. The molecule has 5 heteroatoms. The van der Waals surface area contributed by atoms with Crippen LogP contribution in [0.25, 0.3) is 0 Å². The zero-order valence-electron chi connectivity index (χ0n) is 9.83. The Bertz CT molecular complexity index is 432. The molecular weight excluding hydrogens is 301 g/mol. The van der Waals surface area contributed by atoms with E-state index in [0.29, 0.717) is 5.92 Å². The number of phenols is 1. The summed E-state index contributed by atoms with van der Waals surface area (Å²) in [7, 11) is 0. The molecule has 2 unspecified atom stereocenters. The Kier molecular flexibility index (Phi) is 4.22. The molecule has 18 heavy (non-hydrogen) atoms. The minimum absolute atomic E-state index is 0.0517. The number of carbonyl (C=O) groups is 1. The van der Waals surface area contributed by atoms with Crippen LogP contribution in [-0.4, -0.2) is 22.4 Å². The zero-order chi connectivity index (χ0) is 13.1. The second kappa shape index (κ2) is 5.69. The summed E-state index contributed by atoms with van der Waals surface area (Å²) in [4.78, 5) is 12.0. The summed E-state index contributed by atoms with van der Waals surface area (Å²) in [5, 5.41) is 13.2. The Morgan fingerprint density at radius 1 is 1.50 bits per heavy atom. The minimum Gasteiger partial charge on any atom is -0.507 e. The van der Waals surface area contributed by atoms with Gasteiger partial charge in [0.25, 0.3) is 5.91 Å². The highest BCUT2D eigenvalue weighted by Gasteiger charge is 2.29. The third-order valence-electron chi connectivity index (χ3n) is 3.39. The van der Waals surface area contributed by atoms with Crippen LogP contribution in [0.2, 0.25) is 0 Å². The Balaban J connectivity index is 2.12. The van der Waals surface area contributed by atoms with E-state index in [2.05, 4.69) is 21.2 Å². The Morgan fingerprint density at radius 3 is 2.94 bits per heavy atom. The van der Waals surface area contributed by atoms with Crippen molar-refractivity contribution < 1.29 is 14.3 Å². The van der Waals surface area contributed by atoms with Gasteiger partial charge in [-0.25, -0.2) is 4.39 Å². The Morgan fingerprint density at radius 2 is 2.28 bits per heavy atom. The summed E-state index contributed by atoms with van der Waals surface area (Å²) in [5.41, 5.74) is -0.266. The lowest BCUT2D eigenvalue weighted by Crippen LogP contribution is -2.38. The number of phenolic OH excluding ortho intramolecular Hbond substituents is 1. The largest absolute Gasteiger partial charge is 0.507 e. The second-order valence-corrected chi connectivity index (χ2v) is 5.21. The van der Waals surface area contributed by atoms with E-state index in [0.717, 1.165) is 24.6 Å². The van der Waals surface area contributed by atoms with Gasteiger partial charge in [-0.2, -0.15) is 0 Å². The number of amides is 1. The average Bonchev–Trinajstić information content (AvgIpc) is 2.76. The molecular formula is C13H15BrFNO2. The highest BCUT2D eigenvalue weighted by Crippen LogP contribution is 2.28. The Hall–Kier alpha value is -1.10. The van der Waals surface area contributed by atoms with E-state index >= 15 is 0 Å². The molecule has 0 radical (unpaired) electrons. The second-order valence-electron chi connectivity index (χ2n) is 4.56. The number of halogens is 2. The van der Waals surface area contributed by atoms with Crippen molar-refractivity contribution in [1.82, 2.24) is 5.32 Å². The number of nitrogens with one attached hydrogen (secondary N) is 1. The minimum atomic E-state index is -0.694. The van der Waals surface area contributed by atoms with Gasteiger partial charge in [0, 0.05) is 11.4 Å². The molecule has 1 aromatic carbocycles. The van der Waals surface area contributed by atoms with Gasteiger partial charge in [-0.1, -0.05) is 28.4 Å². The monoisotopic (exact) mass is 315 g/mol. The summed E-state index contributed by atoms with van der Waals surface area (Å²) < 4.78 is 13.5. The maximum Gasteiger partial charge on any atom is 0.258 e. The van der Waals surface area contributed by atoms with Crippen LogP contribution in [0.3, 0.4) is 0 Å². The molecule has 0 heterocycles. The third-order valence-corrected chi connectivity index (χ3v) is 4.22. The van der Waals surface area contributed by atoms with Crippen LogP contribution in [0.15, 0.2) is 18.2 Å². The lowest BCUT2D eigenvalue weighted by Gasteiger charge is -2.19. The summed E-state index contributed by atoms with van der Waals surface area (Å²) >= 11 is 3.42. The van der Waals surface area contributed by atoms with Gasteiger partial charge in [0.2, 0.25) is 0 Å². The van der Waals surface area contributed by atoms with Crippen molar-refractivity contribution in [1.29, 1.82) is 0 Å². The molecule has 2 N–H and O–H groups in total. The van der Waals surface area contributed by atoms with Gasteiger partial charge in [-0.15, -0.1) is 0 Å². The van der Waals surface area contributed by atoms with E-state index in [1.807, 2.05) is 0 Å². The fraction of sp³-hybridized carbons (Fsp3) is 0.462. The number of benzene rings is 1. The summed E-state index contributed by atoms with van der Waals surface area (Å²) in [5.74, 6) is -1.17. The van der Waals surface area contributed by atoms with Gasteiger partial charge < -0.3 is 10.4 Å². The first-order valence-corrected chi connectivity index (χ1v) is 7.10. The third kappa shape index (κ3) is 2.66. The molecule has 1 aromatic rings. The number of alkyl halides is 1. The van der Waals surface area contributed by atoms with Gasteiger partial charge in [-0.05, 0) is 30.9 Å². The van der Waals surface area contributed by atoms with Gasteiger partial charge in [0.05, 0.1) is 0 Å². The summed E-state index contributed by atoms with van der Waals surface area (Å²) in [6.07, 6.45) is 3.02. The molecule has 1 aliphatic carbocycles. The fourth-order valence-electron chi connectivity index (χ4n) is 2.39. The molecule has 0 spiro atoms. The predicted octanol–water partition coefficient (Wildman–Crippen LogP) is 2.82. The first-order valence-electron chi connectivity index (χ1n) is 5.97.